The Morgan fingerprint density at radius 1 is 1.25 bits per heavy atom. The summed E-state index contributed by atoms with van der Waals surface area (Å²) in [6.07, 6.45) is 0. The average molecular weight is 299 g/mol. The monoisotopic (exact) mass is 298 g/mol. The van der Waals surface area contributed by atoms with Crippen LogP contribution in [0, 0.1) is 11.6 Å². The van der Waals surface area contributed by atoms with Crippen LogP contribution in [0.15, 0.2) is 36.4 Å². The van der Waals surface area contributed by atoms with Crippen LogP contribution in [-0.4, -0.2) is 11.1 Å². The van der Waals surface area contributed by atoms with E-state index in [0.29, 0.717) is 0 Å². The molecule has 0 saturated carbocycles. The van der Waals surface area contributed by atoms with E-state index in [9.17, 15) is 13.6 Å². The van der Waals surface area contributed by atoms with Gasteiger partial charge in [0.05, 0.1) is 5.02 Å². The lowest BCUT2D eigenvalue weighted by Gasteiger charge is -2.10. The third kappa shape index (κ3) is 3.05. The first-order chi connectivity index (χ1) is 9.49. The zero-order valence-electron chi connectivity index (χ0n) is 10.1. The Balaban J connectivity index is 2.25. The molecule has 104 valence electrons. The predicted molar refractivity (Wildman–Crippen MR) is 69.1 cm³/mol. The first-order valence-electron chi connectivity index (χ1n) is 5.57. The van der Waals surface area contributed by atoms with Gasteiger partial charge in [-0.05, 0) is 30.3 Å². The maximum atomic E-state index is 13.4. The highest BCUT2D eigenvalue weighted by molar-refractivity contribution is 6.33. The topological polar surface area (TPSA) is 46.5 Å². The lowest BCUT2D eigenvalue weighted by atomic mass is 10.2. The van der Waals surface area contributed by atoms with E-state index in [1.165, 1.54) is 18.2 Å². The number of rotatable bonds is 4. The van der Waals surface area contributed by atoms with Crippen molar-refractivity contribution in [2.45, 2.75) is 6.61 Å². The van der Waals surface area contributed by atoms with Crippen LogP contribution in [0.3, 0.4) is 0 Å². The quantitative estimate of drug-likeness (QED) is 0.931. The Kier molecular flexibility index (Phi) is 4.20. The molecule has 0 aliphatic carbocycles. The summed E-state index contributed by atoms with van der Waals surface area (Å²) < 4.78 is 31.7. The molecular weight excluding hydrogens is 290 g/mol. The molecule has 0 heterocycles. The van der Waals surface area contributed by atoms with Gasteiger partial charge in [-0.25, -0.2) is 13.6 Å². The van der Waals surface area contributed by atoms with Gasteiger partial charge in [-0.1, -0.05) is 17.7 Å². The second-order valence-electron chi connectivity index (χ2n) is 3.94. The van der Waals surface area contributed by atoms with Crippen molar-refractivity contribution >= 4 is 17.6 Å². The molecule has 0 radical (unpaired) electrons. The fraction of sp³-hybridized carbons (Fsp3) is 0.0714. The molecule has 0 bridgehead atoms. The van der Waals surface area contributed by atoms with Crippen LogP contribution in [-0.2, 0) is 6.61 Å². The van der Waals surface area contributed by atoms with Gasteiger partial charge in [-0.3, -0.25) is 0 Å². The maximum Gasteiger partial charge on any atom is 0.341 e. The Labute approximate surface area is 118 Å². The molecule has 0 aliphatic heterocycles. The van der Waals surface area contributed by atoms with Crippen molar-refractivity contribution in [3.8, 4) is 5.75 Å². The second-order valence-corrected chi connectivity index (χ2v) is 4.35. The third-order valence-corrected chi connectivity index (χ3v) is 2.90. The van der Waals surface area contributed by atoms with E-state index < -0.39 is 17.6 Å². The standard InChI is InChI=1S/C14H9ClF2O3/c15-10-2-1-3-12(13(10)14(18)19)20-7-8-6-9(16)4-5-11(8)17/h1-6H,7H2,(H,18,19). The number of halogens is 3. The van der Waals surface area contributed by atoms with Gasteiger partial charge in [0, 0.05) is 5.56 Å². The molecule has 0 fully saturated rings. The van der Waals surface area contributed by atoms with Crippen LogP contribution in [0.2, 0.25) is 5.02 Å². The van der Waals surface area contributed by atoms with E-state index in [2.05, 4.69) is 0 Å². The Bertz CT molecular complexity index is 659. The number of hydrogen-bond donors (Lipinski definition) is 1. The highest BCUT2D eigenvalue weighted by atomic mass is 35.5. The van der Waals surface area contributed by atoms with Crippen LogP contribution >= 0.6 is 11.6 Å². The summed E-state index contributed by atoms with van der Waals surface area (Å²) in [7, 11) is 0. The number of benzene rings is 2. The average Bonchev–Trinajstić information content (AvgIpc) is 2.39. The summed E-state index contributed by atoms with van der Waals surface area (Å²) in [6.45, 7) is -0.301. The van der Waals surface area contributed by atoms with Gasteiger partial charge in [0.1, 0.15) is 29.6 Å². The summed E-state index contributed by atoms with van der Waals surface area (Å²) in [6, 6.07) is 7.25. The first kappa shape index (κ1) is 14.3. The molecule has 2 aromatic rings. The molecule has 0 aliphatic rings. The number of carbonyl (C=O) groups is 1. The molecule has 6 heteroatoms. The molecule has 0 atom stereocenters. The van der Waals surface area contributed by atoms with Crippen molar-refractivity contribution in [1.82, 2.24) is 0 Å². The maximum absolute atomic E-state index is 13.4. The van der Waals surface area contributed by atoms with E-state index in [-0.39, 0.29) is 28.5 Å². The summed E-state index contributed by atoms with van der Waals surface area (Å²) in [4.78, 5) is 11.1. The zero-order valence-corrected chi connectivity index (χ0v) is 10.8. The van der Waals surface area contributed by atoms with Crippen molar-refractivity contribution in [3.63, 3.8) is 0 Å². The molecule has 0 amide bonds. The molecule has 2 rings (SSSR count). The summed E-state index contributed by atoms with van der Waals surface area (Å²) in [5, 5.41) is 9.05. The fourth-order valence-electron chi connectivity index (χ4n) is 1.64. The van der Waals surface area contributed by atoms with Crippen LogP contribution < -0.4 is 4.74 Å². The molecule has 20 heavy (non-hydrogen) atoms. The molecule has 2 aromatic carbocycles. The van der Waals surface area contributed by atoms with Gasteiger partial charge in [-0.15, -0.1) is 0 Å². The minimum atomic E-state index is -1.26. The fourth-order valence-corrected chi connectivity index (χ4v) is 1.89. The van der Waals surface area contributed by atoms with Crippen molar-refractivity contribution in [2.24, 2.45) is 0 Å². The smallest absolute Gasteiger partial charge is 0.341 e. The Morgan fingerprint density at radius 3 is 2.70 bits per heavy atom. The Morgan fingerprint density at radius 2 is 2.00 bits per heavy atom. The molecular formula is C14H9ClF2O3. The highest BCUT2D eigenvalue weighted by Crippen LogP contribution is 2.27. The molecule has 0 aromatic heterocycles. The van der Waals surface area contributed by atoms with E-state index in [4.69, 9.17) is 21.4 Å². The Hall–Kier alpha value is -2.14. The molecule has 0 unspecified atom stereocenters. The number of hydrogen-bond acceptors (Lipinski definition) is 2. The summed E-state index contributed by atoms with van der Waals surface area (Å²) in [5.74, 6) is -2.50. The molecule has 0 saturated heterocycles. The lowest BCUT2D eigenvalue weighted by Crippen LogP contribution is -2.05. The normalized spacial score (nSPS) is 10.3. The first-order valence-corrected chi connectivity index (χ1v) is 5.95. The minimum Gasteiger partial charge on any atom is -0.488 e. The van der Waals surface area contributed by atoms with Crippen molar-refractivity contribution in [1.29, 1.82) is 0 Å². The SMILES string of the molecule is O=C(O)c1c(Cl)cccc1OCc1cc(F)ccc1F. The van der Waals surface area contributed by atoms with Crippen LogP contribution in [0.4, 0.5) is 8.78 Å². The molecule has 3 nitrogen and oxygen atoms in total. The van der Waals surface area contributed by atoms with Gasteiger partial charge >= 0.3 is 5.97 Å². The number of carboxylic acid groups (broad SMARTS) is 1. The zero-order chi connectivity index (χ0) is 14.7. The van der Waals surface area contributed by atoms with E-state index in [1.54, 1.807) is 0 Å². The second kappa shape index (κ2) is 5.88. The van der Waals surface area contributed by atoms with E-state index >= 15 is 0 Å². The number of ether oxygens (including phenoxy) is 1. The summed E-state index contributed by atoms with van der Waals surface area (Å²) in [5.41, 5.74) is -0.229. The van der Waals surface area contributed by atoms with Crippen LogP contribution in [0.5, 0.6) is 5.75 Å². The van der Waals surface area contributed by atoms with Gasteiger partial charge in [0.25, 0.3) is 0 Å². The van der Waals surface area contributed by atoms with Gasteiger partial charge in [0.15, 0.2) is 0 Å². The van der Waals surface area contributed by atoms with Crippen molar-refractivity contribution in [2.75, 3.05) is 0 Å². The lowest BCUT2D eigenvalue weighted by molar-refractivity contribution is 0.0692. The van der Waals surface area contributed by atoms with Gasteiger partial charge in [-0.2, -0.15) is 0 Å². The number of carboxylic acids is 1. The van der Waals surface area contributed by atoms with E-state index in [1.807, 2.05) is 0 Å². The van der Waals surface area contributed by atoms with Crippen molar-refractivity contribution in [3.05, 3.63) is 64.2 Å². The molecule has 1 N–H and O–H groups in total. The third-order valence-electron chi connectivity index (χ3n) is 2.58. The predicted octanol–water partition coefficient (Wildman–Crippen LogP) is 3.90. The minimum absolute atomic E-state index is 0.00587. The van der Waals surface area contributed by atoms with E-state index in [0.717, 1.165) is 18.2 Å². The molecule has 0 spiro atoms. The highest BCUT2D eigenvalue weighted by Gasteiger charge is 2.16. The largest absolute Gasteiger partial charge is 0.488 e. The number of aromatic carboxylic acids is 1. The van der Waals surface area contributed by atoms with Crippen LogP contribution in [0.25, 0.3) is 0 Å². The summed E-state index contributed by atoms with van der Waals surface area (Å²) >= 11 is 5.77. The van der Waals surface area contributed by atoms with Gasteiger partial charge in [0.2, 0.25) is 0 Å². The van der Waals surface area contributed by atoms with Crippen LogP contribution in [0.1, 0.15) is 15.9 Å². The van der Waals surface area contributed by atoms with Crippen molar-refractivity contribution < 1.29 is 23.4 Å². The van der Waals surface area contributed by atoms with Gasteiger partial charge < -0.3 is 9.84 Å².